The largest absolute Gasteiger partial charge is 0.368 e. The van der Waals surface area contributed by atoms with E-state index in [0.29, 0.717) is 6.42 Å². The van der Waals surface area contributed by atoms with Crippen LogP contribution in [0.5, 0.6) is 0 Å². The van der Waals surface area contributed by atoms with Gasteiger partial charge in [-0.1, -0.05) is 46.0 Å². The van der Waals surface area contributed by atoms with E-state index in [1.807, 2.05) is 13.8 Å². The van der Waals surface area contributed by atoms with Gasteiger partial charge in [-0.3, -0.25) is 14.4 Å². The minimum absolute atomic E-state index is 0.0838. The van der Waals surface area contributed by atoms with Gasteiger partial charge in [0.25, 0.3) is 0 Å². The van der Waals surface area contributed by atoms with Crippen LogP contribution in [0.15, 0.2) is 0 Å². The summed E-state index contributed by atoms with van der Waals surface area (Å²) >= 11 is 0. The molecular formula is C18H33N3O3. The van der Waals surface area contributed by atoms with Crippen LogP contribution in [0.25, 0.3) is 0 Å². The Morgan fingerprint density at radius 1 is 0.958 bits per heavy atom. The first-order valence-corrected chi connectivity index (χ1v) is 9.26. The van der Waals surface area contributed by atoms with Crippen LogP contribution < -0.4 is 16.4 Å². The topological polar surface area (TPSA) is 101 Å². The van der Waals surface area contributed by atoms with E-state index in [0.717, 1.165) is 25.7 Å². The fourth-order valence-electron chi connectivity index (χ4n) is 3.11. The number of amides is 3. The van der Waals surface area contributed by atoms with Crippen LogP contribution in [0.4, 0.5) is 0 Å². The van der Waals surface area contributed by atoms with Crippen LogP contribution in [0.3, 0.4) is 0 Å². The third-order valence-electron chi connectivity index (χ3n) is 4.44. The lowest BCUT2D eigenvalue weighted by Gasteiger charge is -2.21. The first kappa shape index (κ1) is 20.5. The highest BCUT2D eigenvalue weighted by Crippen LogP contribution is 2.17. The Labute approximate surface area is 145 Å². The molecule has 0 saturated heterocycles. The summed E-state index contributed by atoms with van der Waals surface area (Å²) in [5.41, 5.74) is 5.31. The molecule has 0 spiro atoms. The lowest BCUT2D eigenvalue weighted by Crippen LogP contribution is -2.45. The number of primary amides is 1. The van der Waals surface area contributed by atoms with Gasteiger partial charge in [0.1, 0.15) is 6.04 Å². The van der Waals surface area contributed by atoms with E-state index < -0.39 is 11.9 Å². The van der Waals surface area contributed by atoms with Crippen molar-refractivity contribution in [3.63, 3.8) is 0 Å². The lowest BCUT2D eigenvalue weighted by atomic mass is 9.96. The number of rotatable bonds is 8. The summed E-state index contributed by atoms with van der Waals surface area (Å²) in [5, 5.41) is 5.67. The van der Waals surface area contributed by atoms with Crippen molar-refractivity contribution < 1.29 is 14.4 Å². The quantitative estimate of drug-likeness (QED) is 0.630. The van der Waals surface area contributed by atoms with Crippen molar-refractivity contribution in [2.75, 3.05) is 0 Å². The van der Waals surface area contributed by atoms with Gasteiger partial charge in [-0.25, -0.2) is 0 Å². The van der Waals surface area contributed by atoms with Crippen LogP contribution in [0.2, 0.25) is 0 Å². The van der Waals surface area contributed by atoms with Crippen molar-refractivity contribution in [3.05, 3.63) is 0 Å². The zero-order valence-corrected chi connectivity index (χ0v) is 15.1. The molecule has 0 aliphatic heterocycles. The minimum Gasteiger partial charge on any atom is -0.368 e. The second kappa shape index (κ2) is 11.0. The van der Waals surface area contributed by atoms with Gasteiger partial charge in [-0.2, -0.15) is 0 Å². The molecular weight excluding hydrogens is 306 g/mol. The maximum atomic E-state index is 12.0. The molecule has 1 fully saturated rings. The molecule has 0 bridgehead atoms. The summed E-state index contributed by atoms with van der Waals surface area (Å²) in [6, 6.07) is -0.425. The van der Waals surface area contributed by atoms with Crippen LogP contribution in [0, 0.1) is 5.92 Å². The Balaban J connectivity index is 2.31. The molecule has 1 saturated carbocycles. The van der Waals surface area contributed by atoms with E-state index in [1.54, 1.807) is 0 Å². The third kappa shape index (κ3) is 8.89. The summed E-state index contributed by atoms with van der Waals surface area (Å²) in [4.78, 5) is 35.3. The molecule has 1 aliphatic rings. The van der Waals surface area contributed by atoms with Crippen LogP contribution in [-0.4, -0.2) is 29.8 Å². The summed E-state index contributed by atoms with van der Waals surface area (Å²) in [6.45, 7) is 3.93. The number of carbonyl (C=O) groups excluding carboxylic acids is 3. The van der Waals surface area contributed by atoms with Crippen molar-refractivity contribution in [1.82, 2.24) is 10.6 Å². The molecule has 138 valence electrons. The van der Waals surface area contributed by atoms with Gasteiger partial charge in [0.15, 0.2) is 0 Å². The number of nitrogens with one attached hydrogen (secondary N) is 2. The highest BCUT2D eigenvalue weighted by molar-refractivity contribution is 5.88. The average Bonchev–Trinajstić information content (AvgIpc) is 2.46. The molecule has 3 amide bonds. The molecule has 0 radical (unpaired) electrons. The first-order valence-electron chi connectivity index (χ1n) is 9.26. The predicted molar refractivity (Wildman–Crippen MR) is 94.1 cm³/mol. The monoisotopic (exact) mass is 339 g/mol. The van der Waals surface area contributed by atoms with Gasteiger partial charge in [-0.15, -0.1) is 0 Å². The Morgan fingerprint density at radius 3 is 2.04 bits per heavy atom. The van der Waals surface area contributed by atoms with Gasteiger partial charge in [-0.05, 0) is 25.2 Å². The maximum absolute atomic E-state index is 12.0. The molecule has 1 atom stereocenters. The highest BCUT2D eigenvalue weighted by atomic mass is 16.2. The fraction of sp³-hybridized carbons (Fsp3) is 0.833. The van der Waals surface area contributed by atoms with Gasteiger partial charge in [0, 0.05) is 18.9 Å². The number of hydrogen-bond acceptors (Lipinski definition) is 3. The third-order valence-corrected chi connectivity index (χ3v) is 4.44. The molecule has 0 aromatic heterocycles. The summed E-state index contributed by atoms with van der Waals surface area (Å²) < 4.78 is 0. The second-order valence-electron chi connectivity index (χ2n) is 7.26. The molecule has 0 heterocycles. The van der Waals surface area contributed by atoms with Gasteiger partial charge >= 0.3 is 0 Å². The van der Waals surface area contributed by atoms with E-state index >= 15 is 0 Å². The van der Waals surface area contributed by atoms with E-state index in [-0.39, 0.29) is 36.6 Å². The molecule has 6 nitrogen and oxygen atoms in total. The van der Waals surface area contributed by atoms with E-state index in [4.69, 9.17) is 5.73 Å². The molecule has 1 rings (SSSR count). The Hall–Kier alpha value is -1.59. The van der Waals surface area contributed by atoms with Crippen molar-refractivity contribution in [3.8, 4) is 0 Å². The molecule has 4 N–H and O–H groups in total. The summed E-state index contributed by atoms with van der Waals surface area (Å²) in [7, 11) is 0. The average molecular weight is 339 g/mol. The fourth-order valence-corrected chi connectivity index (χ4v) is 3.11. The van der Waals surface area contributed by atoms with Crippen molar-refractivity contribution in [2.24, 2.45) is 11.7 Å². The molecule has 6 heteroatoms. The second-order valence-corrected chi connectivity index (χ2v) is 7.26. The molecule has 0 aromatic rings. The Morgan fingerprint density at radius 2 is 1.50 bits per heavy atom. The number of carbonyl (C=O) groups is 3. The van der Waals surface area contributed by atoms with E-state index in [2.05, 4.69) is 10.6 Å². The molecule has 24 heavy (non-hydrogen) atoms. The molecule has 1 aliphatic carbocycles. The first-order chi connectivity index (χ1) is 11.4. The standard InChI is InChI=1S/C18H33N3O3/c1-13(2)12-15(18(19)24)21-17(23)11-10-16(22)20-14-8-6-4-3-5-7-9-14/h13-15H,3-12H2,1-2H3,(H2,19,24)(H,20,22)(H,21,23)/t15-/m0/s1. The van der Waals surface area contributed by atoms with Gasteiger partial charge < -0.3 is 16.4 Å². The van der Waals surface area contributed by atoms with Crippen LogP contribution in [0.1, 0.15) is 78.1 Å². The van der Waals surface area contributed by atoms with Crippen molar-refractivity contribution >= 4 is 17.7 Å². The Kier molecular flexibility index (Phi) is 9.42. The lowest BCUT2D eigenvalue weighted by molar-refractivity contribution is -0.129. The van der Waals surface area contributed by atoms with Crippen molar-refractivity contribution in [2.45, 2.75) is 90.1 Å². The number of hydrogen-bond donors (Lipinski definition) is 3. The highest BCUT2D eigenvalue weighted by Gasteiger charge is 2.20. The van der Waals surface area contributed by atoms with E-state index in [9.17, 15) is 14.4 Å². The molecule has 0 aromatic carbocycles. The van der Waals surface area contributed by atoms with Gasteiger partial charge in [0.2, 0.25) is 17.7 Å². The predicted octanol–water partition coefficient (Wildman–Crippen LogP) is 2.01. The van der Waals surface area contributed by atoms with Crippen LogP contribution in [-0.2, 0) is 14.4 Å². The zero-order chi connectivity index (χ0) is 17.9. The summed E-state index contributed by atoms with van der Waals surface area (Å²) in [6.07, 6.45) is 8.86. The van der Waals surface area contributed by atoms with Gasteiger partial charge in [0.05, 0.1) is 0 Å². The van der Waals surface area contributed by atoms with Crippen LogP contribution >= 0.6 is 0 Å². The number of nitrogens with two attached hydrogens (primary N) is 1. The SMILES string of the molecule is CC(C)C[C@H](NC(=O)CCC(=O)NC1CCCCCCC1)C(N)=O. The van der Waals surface area contributed by atoms with E-state index in [1.165, 1.54) is 19.3 Å². The normalized spacial score (nSPS) is 17.6. The molecule has 0 unspecified atom stereocenters. The minimum atomic E-state index is -0.661. The zero-order valence-electron chi connectivity index (χ0n) is 15.1. The maximum Gasteiger partial charge on any atom is 0.240 e. The summed E-state index contributed by atoms with van der Waals surface area (Å²) in [5.74, 6) is -0.663. The smallest absolute Gasteiger partial charge is 0.240 e. The Bertz CT molecular complexity index is 416. The van der Waals surface area contributed by atoms with Crippen molar-refractivity contribution in [1.29, 1.82) is 0 Å².